The molecule has 2 aliphatic rings. The lowest BCUT2D eigenvalue weighted by Gasteiger charge is -2.40. The largest absolute Gasteiger partial charge is 0.369 e. The Labute approximate surface area is 216 Å². The summed E-state index contributed by atoms with van der Waals surface area (Å²) in [5, 5.41) is 3.34. The summed E-state index contributed by atoms with van der Waals surface area (Å²) in [6, 6.07) is 30.8. The fourth-order valence-electron chi connectivity index (χ4n) is 5.79. The first-order valence-corrected chi connectivity index (χ1v) is 13.7. The summed E-state index contributed by atoms with van der Waals surface area (Å²) in [6.07, 6.45) is 7.55. The van der Waals surface area contributed by atoms with Crippen molar-refractivity contribution in [2.45, 2.75) is 57.0 Å². The molecule has 2 fully saturated rings. The molecule has 3 aromatic rings. The summed E-state index contributed by atoms with van der Waals surface area (Å²) in [6.45, 7) is 3.88. The SMILES string of the molecule is O=C(CC(c1ccccc1)N1CCN(c2ccc(Cc3ccccc3)cc2)CC1)NC1CCCCC1. The van der Waals surface area contributed by atoms with Crippen LogP contribution < -0.4 is 10.2 Å². The van der Waals surface area contributed by atoms with Crippen LogP contribution in [0.25, 0.3) is 0 Å². The summed E-state index contributed by atoms with van der Waals surface area (Å²) in [5.74, 6) is 0.201. The average Bonchev–Trinajstić information content (AvgIpc) is 2.94. The van der Waals surface area contributed by atoms with Gasteiger partial charge in [0.1, 0.15) is 0 Å². The second-order valence-electron chi connectivity index (χ2n) is 10.4. The van der Waals surface area contributed by atoms with E-state index in [1.165, 1.54) is 41.6 Å². The van der Waals surface area contributed by atoms with Crippen LogP contribution in [0.4, 0.5) is 5.69 Å². The Kier molecular flexibility index (Phi) is 8.35. The van der Waals surface area contributed by atoms with E-state index in [0.29, 0.717) is 12.5 Å². The number of rotatable bonds is 8. The van der Waals surface area contributed by atoms with Crippen LogP contribution in [0, 0.1) is 0 Å². The molecule has 1 unspecified atom stereocenters. The first-order valence-electron chi connectivity index (χ1n) is 13.7. The molecule has 1 amide bonds. The molecule has 0 spiro atoms. The van der Waals surface area contributed by atoms with Crippen LogP contribution in [0.2, 0.25) is 0 Å². The van der Waals surface area contributed by atoms with Crippen molar-refractivity contribution in [3.63, 3.8) is 0 Å². The Morgan fingerprint density at radius 1 is 0.750 bits per heavy atom. The molecule has 0 aromatic heterocycles. The van der Waals surface area contributed by atoms with Gasteiger partial charge in [0.15, 0.2) is 0 Å². The van der Waals surface area contributed by atoms with E-state index in [2.05, 4.69) is 100 Å². The van der Waals surface area contributed by atoms with Crippen LogP contribution in [-0.4, -0.2) is 43.0 Å². The number of piperazine rings is 1. The Bertz CT molecular complexity index is 1070. The molecule has 1 atom stereocenters. The highest BCUT2D eigenvalue weighted by Crippen LogP contribution is 2.28. The van der Waals surface area contributed by atoms with Gasteiger partial charge in [0, 0.05) is 50.4 Å². The lowest BCUT2D eigenvalue weighted by Crippen LogP contribution is -2.49. The molecule has 0 radical (unpaired) electrons. The van der Waals surface area contributed by atoms with Crippen LogP contribution >= 0.6 is 0 Å². The highest BCUT2D eigenvalue weighted by Gasteiger charge is 2.28. The molecule has 0 bridgehead atoms. The molecule has 1 heterocycles. The number of nitrogens with zero attached hydrogens (tertiary/aromatic N) is 2. The van der Waals surface area contributed by atoms with E-state index in [1.54, 1.807) is 0 Å². The molecule has 5 rings (SSSR count). The van der Waals surface area contributed by atoms with Crippen molar-refractivity contribution in [1.82, 2.24) is 10.2 Å². The minimum absolute atomic E-state index is 0.130. The van der Waals surface area contributed by atoms with E-state index in [4.69, 9.17) is 0 Å². The van der Waals surface area contributed by atoms with E-state index >= 15 is 0 Å². The highest BCUT2D eigenvalue weighted by molar-refractivity contribution is 5.77. The standard InChI is InChI=1S/C32H39N3O/c36-32(33-29-14-8-3-9-15-29)25-31(28-12-6-2-7-13-28)35-22-20-34(21-23-35)30-18-16-27(17-19-30)24-26-10-4-1-5-11-26/h1-2,4-7,10-13,16-19,29,31H,3,8-9,14-15,20-25H2,(H,33,36). The van der Waals surface area contributed by atoms with Gasteiger partial charge in [-0.15, -0.1) is 0 Å². The number of benzene rings is 3. The molecule has 36 heavy (non-hydrogen) atoms. The van der Waals surface area contributed by atoms with Gasteiger partial charge >= 0.3 is 0 Å². The third-order valence-corrected chi connectivity index (χ3v) is 7.84. The van der Waals surface area contributed by atoms with Gasteiger partial charge in [-0.25, -0.2) is 0 Å². The van der Waals surface area contributed by atoms with Crippen molar-refractivity contribution in [3.8, 4) is 0 Å². The van der Waals surface area contributed by atoms with Gasteiger partial charge < -0.3 is 10.2 Å². The quantitative estimate of drug-likeness (QED) is 0.430. The molecule has 1 N–H and O–H groups in total. The number of amides is 1. The predicted octanol–water partition coefficient (Wildman–Crippen LogP) is 5.98. The number of carbonyl (C=O) groups is 1. The van der Waals surface area contributed by atoms with Crippen molar-refractivity contribution in [2.24, 2.45) is 0 Å². The van der Waals surface area contributed by atoms with Crippen molar-refractivity contribution in [1.29, 1.82) is 0 Å². The fourth-order valence-corrected chi connectivity index (χ4v) is 5.79. The topological polar surface area (TPSA) is 35.6 Å². The van der Waals surface area contributed by atoms with E-state index < -0.39 is 0 Å². The Balaban J connectivity index is 1.19. The van der Waals surface area contributed by atoms with Crippen molar-refractivity contribution in [2.75, 3.05) is 31.1 Å². The van der Waals surface area contributed by atoms with Crippen molar-refractivity contribution >= 4 is 11.6 Å². The first-order chi connectivity index (χ1) is 17.7. The molecule has 1 saturated carbocycles. The number of nitrogens with one attached hydrogen (secondary N) is 1. The molecule has 3 aromatic carbocycles. The van der Waals surface area contributed by atoms with Crippen LogP contribution in [0.15, 0.2) is 84.9 Å². The Morgan fingerprint density at radius 2 is 1.36 bits per heavy atom. The van der Waals surface area contributed by atoms with Crippen LogP contribution in [0.1, 0.15) is 61.3 Å². The summed E-state index contributed by atoms with van der Waals surface area (Å²) in [4.78, 5) is 18.0. The summed E-state index contributed by atoms with van der Waals surface area (Å²) < 4.78 is 0. The smallest absolute Gasteiger partial charge is 0.222 e. The van der Waals surface area contributed by atoms with Gasteiger partial charge in [0.05, 0.1) is 0 Å². The average molecular weight is 482 g/mol. The van der Waals surface area contributed by atoms with Crippen LogP contribution in [0.5, 0.6) is 0 Å². The number of hydrogen-bond donors (Lipinski definition) is 1. The highest BCUT2D eigenvalue weighted by atomic mass is 16.1. The zero-order valence-electron chi connectivity index (χ0n) is 21.3. The third kappa shape index (κ3) is 6.55. The molecule has 4 nitrogen and oxygen atoms in total. The number of carbonyl (C=O) groups excluding carboxylic acids is 1. The van der Waals surface area contributed by atoms with Gasteiger partial charge in [-0.3, -0.25) is 9.69 Å². The minimum atomic E-state index is 0.130. The molecule has 1 saturated heterocycles. The third-order valence-electron chi connectivity index (χ3n) is 7.84. The summed E-state index contributed by atoms with van der Waals surface area (Å²) >= 11 is 0. The summed E-state index contributed by atoms with van der Waals surface area (Å²) in [7, 11) is 0. The molecule has 1 aliphatic heterocycles. The van der Waals surface area contributed by atoms with Gasteiger partial charge in [-0.1, -0.05) is 92.1 Å². The first kappa shape index (κ1) is 24.6. The maximum Gasteiger partial charge on any atom is 0.222 e. The van der Waals surface area contributed by atoms with E-state index in [0.717, 1.165) is 45.4 Å². The maximum absolute atomic E-state index is 13.0. The van der Waals surface area contributed by atoms with E-state index in [-0.39, 0.29) is 11.9 Å². The Morgan fingerprint density at radius 3 is 2.03 bits per heavy atom. The van der Waals surface area contributed by atoms with Crippen LogP contribution in [0.3, 0.4) is 0 Å². The molecular weight excluding hydrogens is 442 g/mol. The van der Waals surface area contributed by atoms with Gasteiger partial charge in [0.2, 0.25) is 5.91 Å². The predicted molar refractivity (Wildman–Crippen MR) is 148 cm³/mol. The Hall–Kier alpha value is -3.11. The lowest BCUT2D eigenvalue weighted by atomic mass is 9.95. The lowest BCUT2D eigenvalue weighted by molar-refractivity contribution is -0.123. The fraction of sp³-hybridized carbons (Fsp3) is 0.406. The van der Waals surface area contributed by atoms with Crippen LogP contribution in [-0.2, 0) is 11.2 Å². The van der Waals surface area contributed by atoms with Gasteiger partial charge in [-0.05, 0) is 48.1 Å². The normalized spacial score (nSPS) is 18.1. The van der Waals surface area contributed by atoms with E-state index in [9.17, 15) is 4.79 Å². The van der Waals surface area contributed by atoms with E-state index in [1.807, 2.05) is 0 Å². The molecule has 188 valence electrons. The molecular formula is C32H39N3O. The number of hydrogen-bond acceptors (Lipinski definition) is 3. The van der Waals surface area contributed by atoms with Crippen molar-refractivity contribution in [3.05, 3.63) is 102 Å². The van der Waals surface area contributed by atoms with Crippen molar-refractivity contribution < 1.29 is 4.79 Å². The van der Waals surface area contributed by atoms with Gasteiger partial charge in [-0.2, -0.15) is 0 Å². The molecule has 4 heteroatoms. The monoisotopic (exact) mass is 481 g/mol. The maximum atomic E-state index is 13.0. The van der Waals surface area contributed by atoms with Gasteiger partial charge in [0.25, 0.3) is 0 Å². The summed E-state index contributed by atoms with van der Waals surface area (Å²) in [5.41, 5.74) is 5.22. The zero-order chi connectivity index (χ0) is 24.6. The minimum Gasteiger partial charge on any atom is -0.369 e. The molecule has 1 aliphatic carbocycles. The number of anilines is 1. The second kappa shape index (κ2) is 12.2. The second-order valence-corrected chi connectivity index (χ2v) is 10.4. The zero-order valence-corrected chi connectivity index (χ0v) is 21.3.